The van der Waals surface area contributed by atoms with E-state index in [9.17, 15) is 14.7 Å². The van der Waals surface area contributed by atoms with Crippen molar-refractivity contribution in [1.29, 1.82) is 0 Å². The number of amides is 1. The Morgan fingerprint density at radius 3 is 2.78 bits per heavy atom. The molecular weight excluding hydrogens is 298 g/mol. The number of carboxylic acids is 1. The number of carbonyl (C=O) groups excluding carboxylic acids is 1. The first-order valence-electron chi connectivity index (χ1n) is 7.74. The number of aromatic carboxylic acids is 1. The third kappa shape index (κ3) is 4.77. The molecule has 23 heavy (non-hydrogen) atoms. The van der Waals surface area contributed by atoms with E-state index in [0.29, 0.717) is 31.7 Å². The van der Waals surface area contributed by atoms with Crippen molar-refractivity contribution < 1.29 is 24.2 Å². The van der Waals surface area contributed by atoms with E-state index in [2.05, 4.69) is 0 Å². The van der Waals surface area contributed by atoms with Crippen LogP contribution in [-0.4, -0.2) is 60.9 Å². The number of carbonyl (C=O) groups is 2. The van der Waals surface area contributed by atoms with Gasteiger partial charge in [-0.05, 0) is 25.0 Å². The molecule has 1 aliphatic heterocycles. The van der Waals surface area contributed by atoms with E-state index >= 15 is 0 Å². The lowest BCUT2D eigenvalue weighted by atomic mass is 10.0. The Labute approximate surface area is 136 Å². The summed E-state index contributed by atoms with van der Waals surface area (Å²) in [5.41, 5.74) is 0.941. The molecule has 2 atom stereocenters. The maximum absolute atomic E-state index is 12.4. The Hall–Kier alpha value is -1.92. The fraction of sp³-hybridized carbons (Fsp3) is 0.529. The van der Waals surface area contributed by atoms with Crippen LogP contribution in [0.4, 0.5) is 0 Å². The smallest absolute Gasteiger partial charge is 0.335 e. The molecule has 1 fully saturated rings. The van der Waals surface area contributed by atoms with Crippen LogP contribution in [0.25, 0.3) is 0 Å². The van der Waals surface area contributed by atoms with E-state index in [-0.39, 0.29) is 30.1 Å². The number of rotatable bonds is 6. The number of morpholine rings is 1. The molecule has 0 bridgehead atoms. The number of benzene rings is 1. The van der Waals surface area contributed by atoms with E-state index < -0.39 is 5.97 Å². The summed E-state index contributed by atoms with van der Waals surface area (Å²) in [4.78, 5) is 25.4. The Kier molecular flexibility index (Phi) is 6.12. The second kappa shape index (κ2) is 8.08. The molecule has 2 unspecified atom stereocenters. The lowest BCUT2D eigenvalue weighted by Gasteiger charge is -2.36. The van der Waals surface area contributed by atoms with E-state index in [1.165, 1.54) is 0 Å². The predicted octanol–water partition coefficient (Wildman–Crippen LogP) is 1.58. The van der Waals surface area contributed by atoms with Crippen molar-refractivity contribution in [3.63, 3.8) is 0 Å². The van der Waals surface area contributed by atoms with Gasteiger partial charge in [0.2, 0.25) is 5.91 Å². The third-order valence-electron chi connectivity index (χ3n) is 3.89. The Morgan fingerprint density at radius 2 is 2.09 bits per heavy atom. The van der Waals surface area contributed by atoms with E-state index in [1.54, 1.807) is 36.3 Å². The molecule has 0 aromatic heterocycles. The second-order valence-electron chi connectivity index (χ2n) is 5.79. The van der Waals surface area contributed by atoms with Crippen LogP contribution in [0.2, 0.25) is 0 Å². The summed E-state index contributed by atoms with van der Waals surface area (Å²) in [6.07, 6.45) is 0.566. The zero-order valence-corrected chi connectivity index (χ0v) is 13.5. The molecule has 2 rings (SSSR count). The van der Waals surface area contributed by atoms with Crippen molar-refractivity contribution in [2.75, 3.05) is 26.8 Å². The highest BCUT2D eigenvalue weighted by Gasteiger charge is 2.28. The number of methoxy groups -OCH3 is 1. The number of aryl methyl sites for hydroxylation is 1. The van der Waals surface area contributed by atoms with Crippen molar-refractivity contribution in [3.05, 3.63) is 35.4 Å². The number of carboxylic acid groups (broad SMARTS) is 1. The average Bonchev–Trinajstić information content (AvgIpc) is 2.52. The molecule has 1 N–H and O–H groups in total. The van der Waals surface area contributed by atoms with E-state index in [4.69, 9.17) is 9.47 Å². The van der Waals surface area contributed by atoms with Crippen LogP contribution in [0, 0.1) is 0 Å². The van der Waals surface area contributed by atoms with Crippen LogP contribution in [0.5, 0.6) is 0 Å². The summed E-state index contributed by atoms with van der Waals surface area (Å²) in [5, 5.41) is 9.18. The second-order valence-corrected chi connectivity index (χ2v) is 5.79. The van der Waals surface area contributed by atoms with Gasteiger partial charge in [0, 0.05) is 26.6 Å². The third-order valence-corrected chi connectivity index (χ3v) is 3.89. The van der Waals surface area contributed by atoms with Gasteiger partial charge in [0.1, 0.15) is 0 Å². The van der Waals surface area contributed by atoms with Crippen molar-refractivity contribution in [2.24, 2.45) is 0 Å². The minimum Gasteiger partial charge on any atom is -0.478 e. The zero-order valence-electron chi connectivity index (χ0n) is 13.5. The molecule has 1 aromatic rings. The van der Waals surface area contributed by atoms with Gasteiger partial charge >= 0.3 is 5.97 Å². The summed E-state index contributed by atoms with van der Waals surface area (Å²) in [5.74, 6) is -0.949. The maximum Gasteiger partial charge on any atom is 0.335 e. The minimum absolute atomic E-state index is 0.0152. The Balaban J connectivity index is 1.95. The Morgan fingerprint density at radius 1 is 1.35 bits per heavy atom. The van der Waals surface area contributed by atoms with Crippen LogP contribution in [0.15, 0.2) is 24.3 Å². The van der Waals surface area contributed by atoms with Gasteiger partial charge in [-0.2, -0.15) is 0 Å². The highest BCUT2D eigenvalue weighted by molar-refractivity contribution is 5.89. The summed E-state index contributed by atoms with van der Waals surface area (Å²) in [6.45, 7) is 3.45. The molecule has 0 radical (unpaired) electrons. The van der Waals surface area contributed by atoms with Gasteiger partial charge in [0.15, 0.2) is 0 Å². The molecule has 1 amide bonds. The largest absolute Gasteiger partial charge is 0.478 e. The lowest BCUT2D eigenvalue weighted by molar-refractivity contribution is -0.148. The number of nitrogens with zero attached hydrogens (tertiary/aromatic N) is 1. The molecule has 1 aromatic carbocycles. The predicted molar refractivity (Wildman–Crippen MR) is 84.5 cm³/mol. The molecule has 0 aliphatic carbocycles. The molecule has 6 nitrogen and oxygen atoms in total. The highest BCUT2D eigenvalue weighted by atomic mass is 16.5. The van der Waals surface area contributed by atoms with Crippen molar-refractivity contribution in [3.8, 4) is 0 Å². The number of hydrogen-bond acceptors (Lipinski definition) is 4. The highest BCUT2D eigenvalue weighted by Crippen LogP contribution is 2.15. The molecule has 6 heteroatoms. The van der Waals surface area contributed by atoms with Gasteiger partial charge in [-0.25, -0.2) is 4.79 Å². The van der Waals surface area contributed by atoms with Crippen LogP contribution >= 0.6 is 0 Å². The summed E-state index contributed by atoms with van der Waals surface area (Å²) in [7, 11) is 1.61. The van der Waals surface area contributed by atoms with E-state index in [0.717, 1.165) is 0 Å². The fourth-order valence-corrected chi connectivity index (χ4v) is 2.87. The standard InChI is InChI=1S/C17H23NO5/c1-12-9-18(10-14(23-12)11-22-2)16(19)8-7-13-5-3-4-6-15(13)17(20)21/h3-6,12,14H,7-11H2,1-2H3,(H,20,21). The van der Waals surface area contributed by atoms with Crippen LogP contribution in [0.1, 0.15) is 29.3 Å². The van der Waals surface area contributed by atoms with Gasteiger partial charge in [0.05, 0.1) is 24.4 Å². The molecule has 126 valence electrons. The van der Waals surface area contributed by atoms with Crippen LogP contribution in [0.3, 0.4) is 0 Å². The first-order chi connectivity index (χ1) is 11.0. The van der Waals surface area contributed by atoms with E-state index in [1.807, 2.05) is 6.92 Å². The van der Waals surface area contributed by atoms with Crippen LogP contribution in [-0.2, 0) is 20.7 Å². The zero-order chi connectivity index (χ0) is 16.8. The van der Waals surface area contributed by atoms with Gasteiger partial charge in [-0.1, -0.05) is 18.2 Å². The first-order valence-corrected chi connectivity index (χ1v) is 7.74. The molecular formula is C17H23NO5. The fourth-order valence-electron chi connectivity index (χ4n) is 2.87. The molecule has 1 saturated heterocycles. The maximum atomic E-state index is 12.4. The molecule has 0 saturated carbocycles. The van der Waals surface area contributed by atoms with Crippen molar-refractivity contribution in [2.45, 2.75) is 32.0 Å². The molecule has 1 heterocycles. The molecule has 1 aliphatic rings. The SMILES string of the molecule is COCC1CN(C(=O)CCc2ccccc2C(=O)O)CC(C)O1. The molecule has 0 spiro atoms. The first kappa shape index (κ1) is 17.4. The minimum atomic E-state index is -0.965. The van der Waals surface area contributed by atoms with Gasteiger partial charge in [0.25, 0.3) is 0 Å². The monoisotopic (exact) mass is 321 g/mol. The van der Waals surface area contributed by atoms with Gasteiger partial charge in [-0.3, -0.25) is 4.79 Å². The van der Waals surface area contributed by atoms with Gasteiger partial charge < -0.3 is 19.5 Å². The average molecular weight is 321 g/mol. The van der Waals surface area contributed by atoms with Crippen molar-refractivity contribution >= 4 is 11.9 Å². The van der Waals surface area contributed by atoms with Crippen molar-refractivity contribution in [1.82, 2.24) is 4.90 Å². The normalized spacial score (nSPS) is 21.2. The Bertz CT molecular complexity index is 560. The summed E-state index contributed by atoms with van der Waals surface area (Å²) in [6, 6.07) is 6.80. The van der Waals surface area contributed by atoms with Gasteiger partial charge in [-0.15, -0.1) is 0 Å². The summed E-state index contributed by atoms with van der Waals surface area (Å²) < 4.78 is 10.8. The number of hydrogen-bond donors (Lipinski definition) is 1. The number of ether oxygens (including phenoxy) is 2. The lowest BCUT2D eigenvalue weighted by Crippen LogP contribution is -2.50. The topological polar surface area (TPSA) is 76.1 Å². The quantitative estimate of drug-likeness (QED) is 0.861. The summed E-state index contributed by atoms with van der Waals surface area (Å²) >= 11 is 0. The van der Waals surface area contributed by atoms with Crippen LogP contribution < -0.4 is 0 Å².